The van der Waals surface area contributed by atoms with Gasteiger partial charge in [-0.3, -0.25) is 9.59 Å². The molecule has 0 heterocycles. The number of nitrogens with one attached hydrogen (secondary N) is 1. The lowest BCUT2D eigenvalue weighted by Crippen LogP contribution is -2.30. The molecule has 4 nitrogen and oxygen atoms in total. The fourth-order valence-corrected chi connectivity index (χ4v) is 2.41. The van der Waals surface area contributed by atoms with Crippen LogP contribution < -0.4 is 10.1 Å². The van der Waals surface area contributed by atoms with Crippen molar-refractivity contribution in [3.8, 4) is 5.75 Å². The molecule has 1 amide bonds. The van der Waals surface area contributed by atoms with Crippen LogP contribution in [0.4, 0.5) is 5.69 Å². The monoisotopic (exact) mass is 375 g/mol. The van der Waals surface area contributed by atoms with Crippen LogP contribution in [0.15, 0.2) is 46.9 Å². The van der Waals surface area contributed by atoms with Gasteiger partial charge < -0.3 is 10.1 Å². The number of benzene rings is 2. The molecule has 2 aromatic rings. The molecule has 0 aliphatic carbocycles. The fraction of sp³-hybridized carbons (Fsp3) is 0.222. The summed E-state index contributed by atoms with van der Waals surface area (Å²) in [4.78, 5) is 23.3. The summed E-state index contributed by atoms with van der Waals surface area (Å²) >= 11 is 3.29. The molecule has 0 spiro atoms. The zero-order chi connectivity index (χ0) is 16.8. The molecule has 0 saturated heterocycles. The Kier molecular flexibility index (Phi) is 5.93. The standard InChI is InChI=1S/C18H18BrNO3/c1-3-13-4-7-16(8-5-13)20-18(22)12(2)23-17-9-6-15(19)10-14(17)11-21/h4-12H,3H2,1-2H3,(H,20,22)/t12-/m1/s1. The van der Waals surface area contributed by atoms with Gasteiger partial charge in [-0.2, -0.15) is 0 Å². The zero-order valence-corrected chi connectivity index (χ0v) is 14.6. The van der Waals surface area contributed by atoms with Gasteiger partial charge in [0.25, 0.3) is 5.91 Å². The molecule has 0 bridgehead atoms. The van der Waals surface area contributed by atoms with E-state index in [1.807, 2.05) is 24.3 Å². The molecule has 1 N–H and O–H groups in total. The van der Waals surface area contributed by atoms with Gasteiger partial charge in [0.05, 0.1) is 5.56 Å². The number of rotatable bonds is 6. The summed E-state index contributed by atoms with van der Waals surface area (Å²) in [6.07, 6.45) is 0.931. The molecule has 23 heavy (non-hydrogen) atoms. The molecule has 0 unspecified atom stereocenters. The van der Waals surface area contributed by atoms with Gasteiger partial charge in [-0.15, -0.1) is 0 Å². The van der Waals surface area contributed by atoms with Gasteiger partial charge in [0.15, 0.2) is 12.4 Å². The van der Waals surface area contributed by atoms with Crippen LogP contribution in [-0.2, 0) is 11.2 Å². The Morgan fingerprint density at radius 1 is 1.26 bits per heavy atom. The molecule has 0 aromatic heterocycles. The van der Waals surface area contributed by atoms with E-state index in [-0.39, 0.29) is 5.91 Å². The van der Waals surface area contributed by atoms with E-state index in [0.717, 1.165) is 10.9 Å². The van der Waals surface area contributed by atoms with Crippen molar-refractivity contribution in [1.82, 2.24) is 0 Å². The smallest absolute Gasteiger partial charge is 0.265 e. The Morgan fingerprint density at radius 2 is 1.96 bits per heavy atom. The number of hydrogen-bond donors (Lipinski definition) is 1. The lowest BCUT2D eigenvalue weighted by atomic mass is 10.1. The van der Waals surface area contributed by atoms with E-state index in [4.69, 9.17) is 4.74 Å². The van der Waals surface area contributed by atoms with E-state index in [0.29, 0.717) is 23.3 Å². The van der Waals surface area contributed by atoms with Crippen LogP contribution in [0.1, 0.15) is 29.8 Å². The Balaban J connectivity index is 2.03. The zero-order valence-electron chi connectivity index (χ0n) is 13.0. The molecule has 120 valence electrons. The van der Waals surface area contributed by atoms with Crippen LogP contribution in [0.25, 0.3) is 0 Å². The summed E-state index contributed by atoms with van der Waals surface area (Å²) in [5.74, 6) is 0.112. The predicted molar refractivity (Wildman–Crippen MR) is 94.1 cm³/mol. The Morgan fingerprint density at radius 3 is 2.57 bits per heavy atom. The number of ether oxygens (including phenoxy) is 1. The van der Waals surface area contributed by atoms with Crippen LogP contribution in [0.3, 0.4) is 0 Å². The molecule has 5 heteroatoms. The van der Waals surface area contributed by atoms with Crippen molar-refractivity contribution in [3.05, 3.63) is 58.1 Å². The minimum atomic E-state index is -0.722. The van der Waals surface area contributed by atoms with E-state index in [9.17, 15) is 9.59 Å². The summed E-state index contributed by atoms with van der Waals surface area (Å²) in [7, 11) is 0. The van der Waals surface area contributed by atoms with Gasteiger partial charge in [-0.05, 0) is 49.2 Å². The molecule has 2 aromatic carbocycles. The van der Waals surface area contributed by atoms with Crippen molar-refractivity contribution < 1.29 is 14.3 Å². The quantitative estimate of drug-likeness (QED) is 0.768. The fourth-order valence-electron chi connectivity index (χ4n) is 2.03. The van der Waals surface area contributed by atoms with Gasteiger partial charge >= 0.3 is 0 Å². The Bertz CT molecular complexity index is 698. The van der Waals surface area contributed by atoms with Crippen molar-refractivity contribution in [2.45, 2.75) is 26.4 Å². The van der Waals surface area contributed by atoms with E-state index < -0.39 is 6.10 Å². The first-order valence-corrected chi connectivity index (χ1v) is 8.14. The maximum atomic E-state index is 12.2. The van der Waals surface area contributed by atoms with Gasteiger partial charge in [0.2, 0.25) is 0 Å². The average Bonchev–Trinajstić information content (AvgIpc) is 2.57. The van der Waals surface area contributed by atoms with Crippen molar-refractivity contribution >= 4 is 33.8 Å². The lowest BCUT2D eigenvalue weighted by molar-refractivity contribution is -0.122. The normalized spacial score (nSPS) is 11.6. The predicted octanol–water partition coefficient (Wildman–Crippen LogP) is 4.23. The maximum Gasteiger partial charge on any atom is 0.265 e. The second-order valence-corrected chi connectivity index (χ2v) is 6.02. The molecule has 0 aliphatic rings. The van der Waals surface area contributed by atoms with E-state index in [2.05, 4.69) is 28.2 Å². The number of amides is 1. The van der Waals surface area contributed by atoms with E-state index in [1.165, 1.54) is 5.56 Å². The van der Waals surface area contributed by atoms with Gasteiger partial charge in [0, 0.05) is 10.2 Å². The van der Waals surface area contributed by atoms with Gasteiger partial charge in [0.1, 0.15) is 5.75 Å². The number of carbonyl (C=O) groups excluding carboxylic acids is 2. The largest absolute Gasteiger partial charge is 0.480 e. The molecule has 0 fully saturated rings. The highest BCUT2D eigenvalue weighted by atomic mass is 79.9. The first kappa shape index (κ1) is 17.2. The minimum Gasteiger partial charge on any atom is -0.480 e. The molecule has 0 aliphatic heterocycles. The third-order valence-corrected chi connectivity index (χ3v) is 3.89. The highest BCUT2D eigenvalue weighted by Crippen LogP contribution is 2.23. The van der Waals surface area contributed by atoms with Gasteiger partial charge in [-0.1, -0.05) is 35.0 Å². The number of aryl methyl sites for hydroxylation is 1. The highest BCUT2D eigenvalue weighted by Gasteiger charge is 2.16. The molecular formula is C18H18BrNO3. The molecule has 0 saturated carbocycles. The molecule has 2 rings (SSSR count). The third-order valence-electron chi connectivity index (χ3n) is 3.40. The summed E-state index contributed by atoms with van der Waals surface area (Å²) < 4.78 is 6.38. The minimum absolute atomic E-state index is 0.269. The Hall–Kier alpha value is -2.14. The number of halogens is 1. The third kappa shape index (κ3) is 4.66. The molecule has 1 atom stereocenters. The molecular weight excluding hydrogens is 358 g/mol. The van der Waals surface area contributed by atoms with Crippen LogP contribution >= 0.6 is 15.9 Å². The lowest BCUT2D eigenvalue weighted by Gasteiger charge is -2.16. The second-order valence-electron chi connectivity index (χ2n) is 5.10. The average molecular weight is 376 g/mol. The summed E-state index contributed by atoms with van der Waals surface area (Å²) in [6, 6.07) is 12.7. The second kappa shape index (κ2) is 7.92. The number of anilines is 1. The molecule has 0 radical (unpaired) electrons. The number of hydrogen-bond acceptors (Lipinski definition) is 3. The number of carbonyl (C=O) groups is 2. The highest BCUT2D eigenvalue weighted by molar-refractivity contribution is 9.10. The summed E-state index contributed by atoms with van der Waals surface area (Å²) in [5.41, 5.74) is 2.32. The first-order chi connectivity index (χ1) is 11.0. The topological polar surface area (TPSA) is 55.4 Å². The van der Waals surface area contributed by atoms with Crippen LogP contribution in [0.5, 0.6) is 5.75 Å². The maximum absolute atomic E-state index is 12.2. The van der Waals surface area contributed by atoms with Crippen molar-refractivity contribution in [1.29, 1.82) is 0 Å². The van der Waals surface area contributed by atoms with Crippen molar-refractivity contribution in [2.24, 2.45) is 0 Å². The van der Waals surface area contributed by atoms with Gasteiger partial charge in [-0.25, -0.2) is 0 Å². The Labute approximate surface area is 144 Å². The van der Waals surface area contributed by atoms with Crippen LogP contribution in [0, 0.1) is 0 Å². The SMILES string of the molecule is CCc1ccc(NC(=O)[C@@H](C)Oc2ccc(Br)cc2C=O)cc1. The van der Waals surface area contributed by atoms with Crippen molar-refractivity contribution in [3.63, 3.8) is 0 Å². The first-order valence-electron chi connectivity index (χ1n) is 7.34. The summed E-state index contributed by atoms with van der Waals surface area (Å²) in [6.45, 7) is 3.72. The summed E-state index contributed by atoms with van der Waals surface area (Å²) in [5, 5.41) is 2.80. The van der Waals surface area contributed by atoms with E-state index >= 15 is 0 Å². The van der Waals surface area contributed by atoms with E-state index in [1.54, 1.807) is 25.1 Å². The van der Waals surface area contributed by atoms with Crippen LogP contribution in [0.2, 0.25) is 0 Å². The number of aldehydes is 1. The van der Waals surface area contributed by atoms with Crippen LogP contribution in [-0.4, -0.2) is 18.3 Å². The van der Waals surface area contributed by atoms with Crippen molar-refractivity contribution in [2.75, 3.05) is 5.32 Å².